The first-order valence-corrected chi connectivity index (χ1v) is 8.48. The molecular formula is C17H26BrNO. The van der Waals surface area contributed by atoms with Gasteiger partial charge in [-0.1, -0.05) is 41.9 Å². The summed E-state index contributed by atoms with van der Waals surface area (Å²) in [5, 5.41) is 3.53. The van der Waals surface area contributed by atoms with E-state index in [1.165, 1.54) is 24.8 Å². The van der Waals surface area contributed by atoms with E-state index in [1.54, 1.807) is 0 Å². The van der Waals surface area contributed by atoms with Crippen molar-refractivity contribution < 1.29 is 4.74 Å². The molecule has 1 aromatic carbocycles. The Bertz CT molecular complexity index is 415. The van der Waals surface area contributed by atoms with Crippen molar-refractivity contribution in [3.05, 3.63) is 34.3 Å². The lowest BCUT2D eigenvalue weighted by molar-refractivity contribution is -0.114. The molecule has 0 amide bonds. The van der Waals surface area contributed by atoms with E-state index in [9.17, 15) is 0 Å². The van der Waals surface area contributed by atoms with E-state index in [-0.39, 0.29) is 5.60 Å². The van der Waals surface area contributed by atoms with Gasteiger partial charge in [0.25, 0.3) is 0 Å². The minimum Gasteiger partial charge on any atom is -0.370 e. The van der Waals surface area contributed by atoms with Crippen LogP contribution in [0.15, 0.2) is 28.7 Å². The van der Waals surface area contributed by atoms with Gasteiger partial charge in [-0.2, -0.15) is 0 Å². The lowest BCUT2D eigenvalue weighted by Crippen LogP contribution is -2.42. The smallest absolute Gasteiger partial charge is 0.0724 e. The molecule has 2 nitrogen and oxygen atoms in total. The molecule has 0 bridgehead atoms. The van der Waals surface area contributed by atoms with Crippen LogP contribution in [-0.2, 0) is 11.3 Å². The summed E-state index contributed by atoms with van der Waals surface area (Å²) in [7, 11) is 0. The number of nitrogens with one attached hydrogen (secondary N) is 1. The first-order valence-electron chi connectivity index (χ1n) is 7.69. The highest BCUT2D eigenvalue weighted by atomic mass is 79.9. The van der Waals surface area contributed by atoms with Gasteiger partial charge in [0.05, 0.1) is 12.2 Å². The molecule has 0 aliphatic heterocycles. The highest BCUT2D eigenvalue weighted by molar-refractivity contribution is 9.10. The van der Waals surface area contributed by atoms with Gasteiger partial charge >= 0.3 is 0 Å². The Hall–Kier alpha value is -0.380. The van der Waals surface area contributed by atoms with Gasteiger partial charge in [0.15, 0.2) is 0 Å². The number of ether oxygens (including phenoxy) is 1. The molecule has 0 heterocycles. The highest BCUT2D eigenvalue weighted by Crippen LogP contribution is 2.39. The van der Waals surface area contributed by atoms with Crippen molar-refractivity contribution in [3.63, 3.8) is 0 Å². The standard InChI is InChI=1S/C17H26BrNO/c1-14(2)12-19-10-9-17(7-4-8-17)20-13-15-5-3-6-16(18)11-15/h3,5-6,11,14,19H,4,7-10,12-13H2,1-2H3. The molecule has 1 aromatic rings. The summed E-state index contributed by atoms with van der Waals surface area (Å²) in [6.45, 7) is 7.38. The average Bonchev–Trinajstić information content (AvgIpc) is 2.36. The summed E-state index contributed by atoms with van der Waals surface area (Å²) in [4.78, 5) is 0. The number of hydrogen-bond acceptors (Lipinski definition) is 2. The second-order valence-electron chi connectivity index (χ2n) is 6.30. The summed E-state index contributed by atoms with van der Waals surface area (Å²) >= 11 is 3.51. The molecule has 0 atom stereocenters. The molecule has 0 spiro atoms. The maximum atomic E-state index is 6.25. The molecule has 1 N–H and O–H groups in total. The molecule has 112 valence electrons. The first kappa shape index (κ1) is 16.0. The van der Waals surface area contributed by atoms with E-state index in [2.05, 4.69) is 59.4 Å². The predicted octanol–water partition coefficient (Wildman–Crippen LogP) is 4.52. The van der Waals surface area contributed by atoms with Crippen molar-refractivity contribution in [2.24, 2.45) is 5.92 Å². The van der Waals surface area contributed by atoms with E-state index < -0.39 is 0 Å². The van der Waals surface area contributed by atoms with E-state index in [0.29, 0.717) is 0 Å². The molecule has 1 aliphatic carbocycles. The third-order valence-corrected chi connectivity index (χ3v) is 4.50. The molecule has 1 fully saturated rings. The third kappa shape index (κ3) is 4.87. The number of hydrogen-bond donors (Lipinski definition) is 1. The van der Waals surface area contributed by atoms with E-state index in [4.69, 9.17) is 4.74 Å². The largest absolute Gasteiger partial charge is 0.370 e. The molecule has 1 saturated carbocycles. The van der Waals surface area contributed by atoms with Crippen LogP contribution in [0.3, 0.4) is 0 Å². The van der Waals surface area contributed by atoms with E-state index in [0.717, 1.165) is 36.5 Å². The Morgan fingerprint density at radius 1 is 1.35 bits per heavy atom. The number of halogens is 1. The van der Waals surface area contributed by atoms with Crippen LogP contribution < -0.4 is 5.32 Å². The zero-order chi connectivity index (χ0) is 14.4. The fourth-order valence-electron chi connectivity index (χ4n) is 2.61. The third-order valence-electron chi connectivity index (χ3n) is 4.01. The Morgan fingerprint density at radius 2 is 2.15 bits per heavy atom. The van der Waals surface area contributed by atoms with Crippen LogP contribution in [-0.4, -0.2) is 18.7 Å². The van der Waals surface area contributed by atoms with Gasteiger partial charge in [-0.05, 0) is 62.4 Å². The summed E-state index contributed by atoms with van der Waals surface area (Å²) in [6.07, 6.45) is 4.87. The molecule has 20 heavy (non-hydrogen) atoms. The zero-order valence-corrected chi connectivity index (χ0v) is 14.2. The molecular weight excluding hydrogens is 314 g/mol. The molecule has 0 radical (unpaired) electrons. The maximum Gasteiger partial charge on any atom is 0.0724 e. The Kier molecular flexibility index (Phi) is 6.06. The van der Waals surface area contributed by atoms with Gasteiger partial charge in [0.1, 0.15) is 0 Å². The van der Waals surface area contributed by atoms with Gasteiger partial charge in [-0.15, -0.1) is 0 Å². The van der Waals surface area contributed by atoms with Gasteiger partial charge < -0.3 is 10.1 Å². The topological polar surface area (TPSA) is 21.3 Å². The minimum atomic E-state index is 0.131. The van der Waals surface area contributed by atoms with Crippen LogP contribution in [0.4, 0.5) is 0 Å². The van der Waals surface area contributed by atoms with Crippen LogP contribution in [0.2, 0.25) is 0 Å². The summed E-state index contributed by atoms with van der Waals surface area (Å²) in [5.74, 6) is 0.718. The summed E-state index contributed by atoms with van der Waals surface area (Å²) in [6, 6.07) is 8.40. The molecule has 0 aromatic heterocycles. The lowest BCUT2D eigenvalue weighted by Gasteiger charge is -2.42. The van der Waals surface area contributed by atoms with Crippen LogP contribution >= 0.6 is 15.9 Å². The van der Waals surface area contributed by atoms with Crippen molar-refractivity contribution >= 4 is 15.9 Å². The Morgan fingerprint density at radius 3 is 2.75 bits per heavy atom. The van der Waals surface area contributed by atoms with Crippen LogP contribution in [0.25, 0.3) is 0 Å². The second kappa shape index (κ2) is 7.58. The molecule has 0 saturated heterocycles. The maximum absolute atomic E-state index is 6.25. The zero-order valence-electron chi connectivity index (χ0n) is 12.6. The predicted molar refractivity (Wildman–Crippen MR) is 87.8 cm³/mol. The fourth-order valence-corrected chi connectivity index (χ4v) is 3.05. The van der Waals surface area contributed by atoms with Crippen LogP contribution in [0.1, 0.15) is 45.1 Å². The lowest BCUT2D eigenvalue weighted by atomic mass is 9.77. The number of benzene rings is 1. The van der Waals surface area contributed by atoms with Crippen molar-refractivity contribution in [1.82, 2.24) is 5.32 Å². The first-order chi connectivity index (χ1) is 9.60. The Labute approximate surface area is 131 Å². The van der Waals surface area contributed by atoms with Crippen LogP contribution in [0, 0.1) is 5.92 Å². The number of rotatable bonds is 8. The van der Waals surface area contributed by atoms with Gasteiger partial charge in [0.2, 0.25) is 0 Å². The van der Waals surface area contributed by atoms with E-state index >= 15 is 0 Å². The molecule has 3 heteroatoms. The van der Waals surface area contributed by atoms with Crippen molar-refractivity contribution in [2.75, 3.05) is 13.1 Å². The minimum absolute atomic E-state index is 0.131. The molecule has 1 aliphatic rings. The van der Waals surface area contributed by atoms with Gasteiger partial charge in [-0.25, -0.2) is 0 Å². The quantitative estimate of drug-likeness (QED) is 0.703. The van der Waals surface area contributed by atoms with Gasteiger partial charge in [0, 0.05) is 4.47 Å². The highest BCUT2D eigenvalue weighted by Gasteiger charge is 2.37. The molecule has 2 rings (SSSR count). The van der Waals surface area contributed by atoms with Gasteiger partial charge in [-0.3, -0.25) is 0 Å². The second-order valence-corrected chi connectivity index (χ2v) is 7.22. The molecule has 0 unspecified atom stereocenters. The fraction of sp³-hybridized carbons (Fsp3) is 0.647. The monoisotopic (exact) mass is 339 g/mol. The van der Waals surface area contributed by atoms with Crippen molar-refractivity contribution in [3.8, 4) is 0 Å². The van der Waals surface area contributed by atoms with Crippen LogP contribution in [0.5, 0.6) is 0 Å². The van der Waals surface area contributed by atoms with Crippen molar-refractivity contribution in [1.29, 1.82) is 0 Å². The summed E-state index contributed by atoms with van der Waals surface area (Å²) < 4.78 is 7.38. The summed E-state index contributed by atoms with van der Waals surface area (Å²) in [5.41, 5.74) is 1.38. The van der Waals surface area contributed by atoms with E-state index in [1.807, 2.05) is 0 Å². The average molecular weight is 340 g/mol. The Balaban J connectivity index is 1.76. The normalized spacial score (nSPS) is 17.2. The SMILES string of the molecule is CC(C)CNCCC1(OCc2cccc(Br)c2)CCC1. The van der Waals surface area contributed by atoms with Crippen molar-refractivity contribution in [2.45, 2.75) is 51.7 Å².